The Balaban J connectivity index is 1.82. The van der Waals surface area contributed by atoms with Crippen LogP contribution in [0.5, 0.6) is 0 Å². The van der Waals surface area contributed by atoms with Gasteiger partial charge in [0.1, 0.15) is 0 Å². The molecule has 1 aliphatic rings. The third-order valence-corrected chi connectivity index (χ3v) is 3.99. The normalized spacial score (nSPS) is 17.9. The van der Waals surface area contributed by atoms with Crippen molar-refractivity contribution in [2.75, 3.05) is 24.6 Å². The lowest BCUT2D eigenvalue weighted by Gasteiger charge is -2.31. The van der Waals surface area contributed by atoms with E-state index >= 15 is 0 Å². The zero-order valence-electron chi connectivity index (χ0n) is 11.9. The van der Waals surface area contributed by atoms with Crippen LogP contribution in [0.15, 0.2) is 24.3 Å². The van der Waals surface area contributed by atoms with Gasteiger partial charge >= 0.3 is 0 Å². The van der Waals surface area contributed by atoms with E-state index in [-0.39, 0.29) is 6.61 Å². The first-order chi connectivity index (χ1) is 9.12. The lowest BCUT2D eigenvalue weighted by Crippen LogP contribution is -2.40. The lowest BCUT2D eigenvalue weighted by atomic mass is 9.96. The molecule has 0 saturated heterocycles. The summed E-state index contributed by atoms with van der Waals surface area (Å²) >= 11 is 0. The zero-order valence-corrected chi connectivity index (χ0v) is 11.9. The molecule has 3 N–H and O–H groups in total. The maximum atomic E-state index is 9.14. The quantitative estimate of drug-likeness (QED) is 0.774. The minimum atomic E-state index is -0.417. The van der Waals surface area contributed by atoms with Crippen LogP contribution in [0, 0.1) is 0 Å². The largest absolute Gasteiger partial charge is 0.394 e. The number of para-hydroxylation sites is 1. The summed E-state index contributed by atoms with van der Waals surface area (Å²) in [5, 5.41) is 9.14. The fraction of sp³-hybridized carbons (Fsp3) is 0.625. The number of benzene rings is 1. The third kappa shape index (κ3) is 3.95. The van der Waals surface area contributed by atoms with Crippen molar-refractivity contribution in [1.29, 1.82) is 0 Å². The van der Waals surface area contributed by atoms with Crippen LogP contribution in [-0.2, 0) is 6.42 Å². The van der Waals surface area contributed by atoms with E-state index in [4.69, 9.17) is 10.8 Å². The Bertz CT molecular complexity index is 403. The molecule has 19 heavy (non-hydrogen) atoms. The van der Waals surface area contributed by atoms with Gasteiger partial charge in [0.2, 0.25) is 0 Å². The second-order valence-electron chi connectivity index (χ2n) is 5.99. The van der Waals surface area contributed by atoms with Crippen molar-refractivity contribution in [1.82, 2.24) is 0 Å². The van der Waals surface area contributed by atoms with Gasteiger partial charge in [0.15, 0.2) is 0 Å². The second kappa shape index (κ2) is 6.40. The van der Waals surface area contributed by atoms with Gasteiger partial charge < -0.3 is 15.7 Å². The van der Waals surface area contributed by atoms with Crippen LogP contribution in [0.2, 0.25) is 0 Å². The van der Waals surface area contributed by atoms with E-state index in [0.29, 0.717) is 0 Å². The van der Waals surface area contributed by atoms with Gasteiger partial charge in [0.25, 0.3) is 0 Å². The Labute approximate surface area is 116 Å². The van der Waals surface area contributed by atoms with Crippen LogP contribution in [0.4, 0.5) is 5.69 Å². The molecule has 1 heterocycles. The summed E-state index contributed by atoms with van der Waals surface area (Å²) < 4.78 is 0. The molecule has 0 fully saturated rings. The molecule has 1 aromatic carbocycles. The molecular weight excluding hydrogens is 236 g/mol. The number of fused-ring (bicyclic) bond motifs is 1. The topological polar surface area (TPSA) is 49.5 Å². The molecule has 3 heteroatoms. The fourth-order valence-electron chi connectivity index (χ4n) is 2.75. The maximum Gasteiger partial charge on any atom is 0.0608 e. The Morgan fingerprint density at radius 1 is 1.32 bits per heavy atom. The molecule has 1 atom stereocenters. The molecule has 1 aliphatic heterocycles. The van der Waals surface area contributed by atoms with Crippen LogP contribution >= 0.6 is 0 Å². The summed E-state index contributed by atoms with van der Waals surface area (Å²) in [4.78, 5) is 2.49. The highest BCUT2D eigenvalue weighted by Crippen LogP contribution is 2.27. The summed E-state index contributed by atoms with van der Waals surface area (Å²) in [6.07, 6.45) is 5.56. The summed E-state index contributed by atoms with van der Waals surface area (Å²) in [5.74, 6) is 0. The SMILES string of the molecule is CC(N)(CO)CCCCN1CCCc2ccccc21. The molecule has 0 saturated carbocycles. The third-order valence-electron chi connectivity index (χ3n) is 3.99. The molecule has 0 aromatic heterocycles. The van der Waals surface area contributed by atoms with E-state index < -0.39 is 5.54 Å². The van der Waals surface area contributed by atoms with E-state index in [1.54, 1.807) is 0 Å². The number of nitrogens with two attached hydrogens (primary N) is 1. The molecule has 0 spiro atoms. The highest BCUT2D eigenvalue weighted by atomic mass is 16.3. The average Bonchev–Trinajstić information content (AvgIpc) is 2.44. The van der Waals surface area contributed by atoms with E-state index in [1.807, 2.05) is 6.92 Å². The van der Waals surface area contributed by atoms with Crippen LogP contribution in [0.3, 0.4) is 0 Å². The standard InChI is InChI=1S/C16H26N2O/c1-16(17,13-19)10-4-5-11-18-12-6-8-14-7-2-3-9-15(14)18/h2-3,7,9,19H,4-6,8,10-13,17H2,1H3. The number of hydrogen-bond acceptors (Lipinski definition) is 3. The Morgan fingerprint density at radius 2 is 2.11 bits per heavy atom. The number of anilines is 1. The van der Waals surface area contributed by atoms with Gasteiger partial charge in [-0.05, 0) is 50.7 Å². The van der Waals surface area contributed by atoms with Crippen molar-refractivity contribution in [3.05, 3.63) is 29.8 Å². The molecule has 2 rings (SSSR count). The van der Waals surface area contributed by atoms with E-state index in [2.05, 4.69) is 29.2 Å². The molecule has 1 aromatic rings. The van der Waals surface area contributed by atoms with Gasteiger partial charge in [-0.2, -0.15) is 0 Å². The van der Waals surface area contributed by atoms with Crippen molar-refractivity contribution in [3.63, 3.8) is 0 Å². The van der Waals surface area contributed by atoms with Crippen molar-refractivity contribution in [3.8, 4) is 0 Å². The van der Waals surface area contributed by atoms with Gasteiger partial charge in [-0.3, -0.25) is 0 Å². The van der Waals surface area contributed by atoms with Gasteiger partial charge in [0.05, 0.1) is 6.61 Å². The predicted molar refractivity (Wildman–Crippen MR) is 80.5 cm³/mol. The van der Waals surface area contributed by atoms with Crippen molar-refractivity contribution < 1.29 is 5.11 Å². The first-order valence-electron chi connectivity index (χ1n) is 7.35. The first-order valence-corrected chi connectivity index (χ1v) is 7.35. The first kappa shape index (κ1) is 14.4. The maximum absolute atomic E-state index is 9.14. The highest BCUT2D eigenvalue weighted by Gasteiger charge is 2.18. The molecule has 1 unspecified atom stereocenters. The van der Waals surface area contributed by atoms with Gasteiger partial charge in [-0.25, -0.2) is 0 Å². The summed E-state index contributed by atoms with van der Waals surface area (Å²) in [6, 6.07) is 8.72. The zero-order chi connectivity index (χ0) is 13.7. The van der Waals surface area contributed by atoms with Gasteiger partial charge in [-0.15, -0.1) is 0 Å². The second-order valence-corrected chi connectivity index (χ2v) is 5.99. The Morgan fingerprint density at radius 3 is 2.89 bits per heavy atom. The number of rotatable bonds is 6. The lowest BCUT2D eigenvalue weighted by molar-refractivity contribution is 0.197. The molecule has 0 bridgehead atoms. The van der Waals surface area contributed by atoms with Crippen LogP contribution < -0.4 is 10.6 Å². The molecule has 0 radical (unpaired) electrons. The molecular formula is C16H26N2O. The Kier molecular flexibility index (Phi) is 4.83. The summed E-state index contributed by atoms with van der Waals surface area (Å²) in [6.45, 7) is 4.25. The van der Waals surface area contributed by atoms with Crippen molar-refractivity contribution in [2.45, 2.75) is 44.6 Å². The van der Waals surface area contributed by atoms with Gasteiger partial charge in [-0.1, -0.05) is 18.2 Å². The van der Waals surface area contributed by atoms with Crippen LogP contribution in [0.1, 0.15) is 38.2 Å². The summed E-state index contributed by atoms with van der Waals surface area (Å²) in [5.41, 5.74) is 8.42. The Hall–Kier alpha value is -1.06. The van der Waals surface area contributed by atoms with E-state index in [1.165, 1.54) is 24.1 Å². The number of aliphatic hydroxyl groups is 1. The molecule has 0 aliphatic carbocycles. The minimum Gasteiger partial charge on any atom is -0.394 e. The van der Waals surface area contributed by atoms with Crippen molar-refractivity contribution in [2.24, 2.45) is 5.73 Å². The number of hydrogen-bond donors (Lipinski definition) is 2. The number of unbranched alkanes of at least 4 members (excludes halogenated alkanes) is 1. The van der Waals surface area contributed by atoms with E-state index in [0.717, 1.165) is 32.4 Å². The summed E-state index contributed by atoms with van der Waals surface area (Å²) in [7, 11) is 0. The molecule has 106 valence electrons. The van der Waals surface area contributed by atoms with Crippen LogP contribution in [0.25, 0.3) is 0 Å². The monoisotopic (exact) mass is 262 g/mol. The highest BCUT2D eigenvalue weighted by molar-refractivity contribution is 5.55. The van der Waals surface area contributed by atoms with Crippen LogP contribution in [-0.4, -0.2) is 30.3 Å². The molecule has 0 amide bonds. The predicted octanol–water partition coefficient (Wildman–Crippen LogP) is 2.32. The fourth-order valence-corrected chi connectivity index (χ4v) is 2.75. The number of aryl methyl sites for hydroxylation is 1. The van der Waals surface area contributed by atoms with E-state index in [9.17, 15) is 0 Å². The van der Waals surface area contributed by atoms with Crippen molar-refractivity contribution >= 4 is 5.69 Å². The average molecular weight is 262 g/mol. The van der Waals surface area contributed by atoms with Gasteiger partial charge in [0, 0.05) is 24.3 Å². The molecule has 3 nitrogen and oxygen atoms in total. The number of nitrogens with zero attached hydrogens (tertiary/aromatic N) is 1. The number of aliphatic hydroxyl groups excluding tert-OH is 1. The smallest absolute Gasteiger partial charge is 0.0608 e. The minimum absolute atomic E-state index is 0.0690.